The number of hydrogen-bond donors (Lipinski definition) is 0. The van der Waals surface area contributed by atoms with Gasteiger partial charge in [-0.15, -0.1) is 0 Å². The van der Waals surface area contributed by atoms with Crippen LogP contribution < -0.4 is 0 Å². The van der Waals surface area contributed by atoms with Gasteiger partial charge in [0.05, 0.1) is 33.1 Å². The molecule has 4 heterocycles. The molecule has 0 saturated heterocycles. The number of nitrogens with zero attached hydrogens (tertiary/aromatic N) is 3. The second kappa shape index (κ2) is 34.4. The molecule has 22 aromatic carbocycles. The molecule has 4 nitrogen and oxygen atoms in total. The molecule has 0 atom stereocenters. The van der Waals surface area contributed by atoms with Gasteiger partial charge >= 0.3 is 0 Å². The predicted molar refractivity (Wildman–Crippen MR) is 574 cm³/mol. The van der Waals surface area contributed by atoms with Crippen molar-refractivity contribution < 1.29 is 4.42 Å². The summed E-state index contributed by atoms with van der Waals surface area (Å²) in [7, 11) is 0. The third-order valence-electron chi connectivity index (χ3n) is 27.3. The Kier molecular flexibility index (Phi) is 20.3. The van der Waals surface area contributed by atoms with Crippen molar-refractivity contribution in [3.8, 4) is 162 Å². The topological polar surface area (TPSA) is 27.9 Å². The lowest BCUT2D eigenvalue weighted by Crippen LogP contribution is -2.01. The van der Waals surface area contributed by atoms with E-state index in [2.05, 4.69) is 535 Å². The van der Waals surface area contributed by atoms with Crippen molar-refractivity contribution in [1.82, 2.24) is 13.7 Å². The van der Waals surface area contributed by atoms with Crippen LogP contribution in [0.2, 0.25) is 0 Å². The van der Waals surface area contributed by atoms with Crippen molar-refractivity contribution in [2.45, 2.75) is 0 Å². The van der Waals surface area contributed by atoms with Crippen LogP contribution >= 0.6 is 0 Å². The minimum Gasteiger partial charge on any atom is -0.455 e. The number of rotatable bonds is 16. The van der Waals surface area contributed by atoms with Crippen molar-refractivity contribution in [2.24, 2.45) is 0 Å². The average Bonchev–Trinajstić information content (AvgIpc) is 1.53. The summed E-state index contributed by atoms with van der Waals surface area (Å²) in [6.07, 6.45) is 0. The van der Waals surface area contributed by atoms with Crippen LogP contribution in [0, 0.1) is 0 Å². The van der Waals surface area contributed by atoms with E-state index in [1.165, 1.54) is 160 Å². The maximum absolute atomic E-state index is 6.66. The summed E-state index contributed by atoms with van der Waals surface area (Å²) in [6, 6.07) is 192. The summed E-state index contributed by atoms with van der Waals surface area (Å²) in [5, 5.41) is 9.49. The SMILES string of the molecule is c1ccc(-c2ccc(-n3c4cc(-c5cccc6c5oc5ccccc56)ccc4c4c(-c5ccccc5)c(-c5ccccc5)c(-c5ccccc5)c(-c5ccccc5)c43)cc2)cc1.c1ccc(-c2ccc(-n3c4ccccc4c4cc(-c5ccc6c(c5)c5c(-c7ccccc7)c(-c7ccccc7)c(-c7ccccc7)c(-c7ccccc7)c5n6-c5cccc(-c6ccccc6)c5)ccc43)cc2)cc1. The Morgan fingerprint density at radius 2 is 0.441 bits per heavy atom. The zero-order chi connectivity index (χ0) is 89.9. The fourth-order valence-electron chi connectivity index (χ4n) is 21.3. The van der Waals surface area contributed by atoms with Gasteiger partial charge in [0.15, 0.2) is 0 Å². The van der Waals surface area contributed by atoms with Gasteiger partial charge in [-0.25, -0.2) is 0 Å². The van der Waals surface area contributed by atoms with Crippen LogP contribution in [0.4, 0.5) is 0 Å². The number of fused-ring (bicyclic) bond motifs is 12. The van der Waals surface area contributed by atoms with Crippen LogP contribution in [-0.4, -0.2) is 13.7 Å². The van der Waals surface area contributed by atoms with Crippen molar-refractivity contribution in [2.75, 3.05) is 0 Å². The van der Waals surface area contributed by atoms with Gasteiger partial charge in [0, 0.05) is 99.1 Å². The smallest absolute Gasteiger partial charge is 0.143 e. The highest BCUT2D eigenvalue weighted by atomic mass is 16.3. The third-order valence-corrected chi connectivity index (χ3v) is 27.3. The zero-order valence-corrected chi connectivity index (χ0v) is 74.5. The van der Waals surface area contributed by atoms with Crippen molar-refractivity contribution in [3.05, 3.63) is 528 Å². The minimum atomic E-state index is 0.894. The fourth-order valence-corrected chi connectivity index (χ4v) is 21.3. The van der Waals surface area contributed by atoms with Crippen LogP contribution in [0.1, 0.15) is 0 Å². The van der Waals surface area contributed by atoms with Crippen LogP contribution in [0.3, 0.4) is 0 Å². The molecule has 0 aliphatic heterocycles. The fraction of sp³-hybridized carbons (Fsp3) is 0. The molecule has 26 aromatic rings. The maximum Gasteiger partial charge on any atom is 0.143 e. The highest BCUT2D eigenvalue weighted by Gasteiger charge is 2.33. The normalized spacial score (nSPS) is 11.5. The van der Waals surface area contributed by atoms with E-state index < -0.39 is 0 Å². The van der Waals surface area contributed by atoms with Gasteiger partial charge in [-0.3, -0.25) is 0 Å². The molecule has 0 radical (unpaired) electrons. The maximum atomic E-state index is 6.66. The Hall–Kier alpha value is -18.0. The molecule has 0 aliphatic carbocycles. The monoisotopic (exact) mass is 1730 g/mol. The molecule has 0 aliphatic rings. The molecule has 0 amide bonds. The van der Waals surface area contributed by atoms with Gasteiger partial charge in [-0.1, -0.05) is 449 Å². The van der Waals surface area contributed by atoms with E-state index in [0.29, 0.717) is 0 Å². The van der Waals surface area contributed by atoms with E-state index >= 15 is 0 Å². The highest BCUT2D eigenvalue weighted by molar-refractivity contribution is 6.29. The lowest BCUT2D eigenvalue weighted by molar-refractivity contribution is 0.670. The van der Waals surface area contributed by atoms with Crippen LogP contribution in [-0.2, 0) is 0 Å². The van der Waals surface area contributed by atoms with Crippen molar-refractivity contribution in [3.63, 3.8) is 0 Å². The van der Waals surface area contributed by atoms with Gasteiger partial charge in [0.1, 0.15) is 11.2 Å². The van der Waals surface area contributed by atoms with E-state index in [0.717, 1.165) is 88.9 Å². The molecule has 26 rings (SSSR count). The Labute approximate surface area is 789 Å². The average molecular weight is 1730 g/mol. The summed E-state index contributed by atoms with van der Waals surface area (Å²) in [5.74, 6) is 0. The largest absolute Gasteiger partial charge is 0.455 e. The first-order valence-electron chi connectivity index (χ1n) is 46.8. The third kappa shape index (κ3) is 14.0. The number of aromatic nitrogens is 3. The number of hydrogen-bond acceptors (Lipinski definition) is 1. The molecule has 0 spiro atoms. The first-order chi connectivity index (χ1) is 67.5. The summed E-state index contributed by atoms with van der Waals surface area (Å²) in [5.41, 5.74) is 42.7. The first-order valence-corrected chi connectivity index (χ1v) is 46.8. The lowest BCUT2D eigenvalue weighted by Gasteiger charge is -2.24. The first kappa shape index (κ1) is 80.1. The Morgan fingerprint density at radius 3 is 0.904 bits per heavy atom. The Balaban J connectivity index is 0.000000147. The molecule has 0 unspecified atom stereocenters. The van der Waals surface area contributed by atoms with Crippen LogP contribution in [0.25, 0.3) is 249 Å². The van der Waals surface area contributed by atoms with E-state index in [9.17, 15) is 0 Å². The molecular formula is C132H87N3O. The van der Waals surface area contributed by atoms with Gasteiger partial charge in [-0.05, 0) is 185 Å². The van der Waals surface area contributed by atoms with Crippen molar-refractivity contribution >= 4 is 87.4 Å². The zero-order valence-electron chi connectivity index (χ0n) is 74.5. The van der Waals surface area contributed by atoms with Gasteiger partial charge < -0.3 is 18.1 Å². The minimum absolute atomic E-state index is 0.894. The second-order valence-electron chi connectivity index (χ2n) is 35.1. The molecule has 0 fully saturated rings. The Morgan fingerprint density at radius 1 is 0.140 bits per heavy atom. The van der Waals surface area contributed by atoms with E-state index in [1.807, 2.05) is 6.07 Å². The summed E-state index contributed by atoms with van der Waals surface area (Å²) >= 11 is 0. The molecule has 136 heavy (non-hydrogen) atoms. The van der Waals surface area contributed by atoms with E-state index in [1.54, 1.807) is 0 Å². The number of para-hydroxylation sites is 3. The second-order valence-corrected chi connectivity index (χ2v) is 35.1. The standard InChI is InChI=1S/C72H48N2.C60H39NO/c1-7-22-49(23-8-1)51-38-42-59(43-39-51)73-64-37-20-19-36-61(64)62-47-57(40-44-65(62)73)58-41-45-66-63(48-58)71-69(54-30-15-5-16-31-54)67(52-26-11-3-12-27-52)68(53-28-13-4-14-29-53)70(55-32-17-6-18-33-55)72(71)74(66)60-35-21-34-56(46-60)50-24-9-2-10-25-50;1-6-19-40(20-7-1)41-33-36-47(37-34-41)61-52-39-46(48-30-18-31-50-49-29-16-17-32-53(49)62-60(48)50)35-38-51(52)58-56(44-25-12-4-13-26-44)54(42-21-8-2-9-22-42)55(43-23-10-3-11-24-43)57(59(58)61)45-27-14-5-15-28-45/h1-48H;1-39H. The summed E-state index contributed by atoms with van der Waals surface area (Å²) in [6.45, 7) is 0. The van der Waals surface area contributed by atoms with E-state index in [-0.39, 0.29) is 0 Å². The van der Waals surface area contributed by atoms with Crippen LogP contribution in [0.15, 0.2) is 532 Å². The highest BCUT2D eigenvalue weighted by Crippen LogP contribution is 2.58. The molecular weight excluding hydrogens is 1640 g/mol. The van der Waals surface area contributed by atoms with Crippen LogP contribution in [0.5, 0.6) is 0 Å². The summed E-state index contributed by atoms with van der Waals surface area (Å²) in [4.78, 5) is 0. The molecule has 0 N–H and O–H groups in total. The number of furan rings is 1. The Bertz CT molecular complexity index is 8970. The predicted octanol–water partition coefficient (Wildman–Crippen LogP) is 36.2. The number of benzene rings is 22. The molecule has 4 aromatic heterocycles. The molecule has 4 heteroatoms. The van der Waals surface area contributed by atoms with Gasteiger partial charge in [0.25, 0.3) is 0 Å². The van der Waals surface area contributed by atoms with Gasteiger partial charge in [-0.2, -0.15) is 0 Å². The van der Waals surface area contributed by atoms with Crippen molar-refractivity contribution in [1.29, 1.82) is 0 Å². The van der Waals surface area contributed by atoms with Gasteiger partial charge in [0.2, 0.25) is 0 Å². The summed E-state index contributed by atoms with van der Waals surface area (Å²) < 4.78 is 14.1. The molecule has 636 valence electrons. The molecule has 0 saturated carbocycles. The lowest BCUT2D eigenvalue weighted by atomic mass is 9.80. The quantitative estimate of drug-likeness (QED) is 0.0947. The molecule has 0 bridgehead atoms. The van der Waals surface area contributed by atoms with E-state index in [4.69, 9.17) is 4.42 Å².